The molecule has 0 bridgehead atoms. The predicted molar refractivity (Wildman–Crippen MR) is 106 cm³/mol. The van der Waals surface area contributed by atoms with Crippen molar-refractivity contribution in [1.29, 1.82) is 0 Å². The lowest BCUT2D eigenvalue weighted by molar-refractivity contribution is -0.137. The van der Waals surface area contributed by atoms with Crippen molar-refractivity contribution in [2.45, 2.75) is 70.5 Å². The van der Waals surface area contributed by atoms with Gasteiger partial charge in [-0.25, -0.2) is 0 Å². The lowest BCUT2D eigenvalue weighted by Crippen LogP contribution is -2.34. The summed E-state index contributed by atoms with van der Waals surface area (Å²) in [6.07, 6.45) is 3.08. The van der Waals surface area contributed by atoms with Gasteiger partial charge in [-0.05, 0) is 49.5 Å². The van der Waals surface area contributed by atoms with Gasteiger partial charge in [0.25, 0.3) is 0 Å². The molecule has 1 atom stereocenters. The zero-order valence-corrected chi connectivity index (χ0v) is 16.9. The number of carbonyl (C=O) groups excluding carboxylic acids is 1. The number of carbonyl (C=O) groups is 1. The minimum atomic E-state index is -4.28. The molecule has 0 aliphatic carbocycles. The number of hydrogen-bond donors (Lipinski definition) is 0. The number of nitrogens with zero attached hydrogens (tertiary/aromatic N) is 1. The van der Waals surface area contributed by atoms with Crippen LogP contribution in [0.2, 0.25) is 0 Å². The fourth-order valence-corrected chi connectivity index (χ4v) is 4.55. The molecule has 6 heteroatoms. The van der Waals surface area contributed by atoms with Crippen molar-refractivity contribution in [1.82, 2.24) is 4.90 Å². The Morgan fingerprint density at radius 3 is 2.74 bits per heavy atom. The summed E-state index contributed by atoms with van der Waals surface area (Å²) in [5.74, 6) is 2.40. The van der Waals surface area contributed by atoms with Gasteiger partial charge < -0.3 is 4.90 Å². The van der Waals surface area contributed by atoms with Crippen LogP contribution in [-0.4, -0.2) is 34.9 Å². The topological polar surface area (TPSA) is 20.3 Å². The molecule has 1 fully saturated rings. The molecule has 0 N–H and O–H groups in total. The van der Waals surface area contributed by atoms with E-state index >= 15 is 0 Å². The summed E-state index contributed by atoms with van der Waals surface area (Å²) in [4.78, 5) is 14.1. The lowest BCUT2D eigenvalue weighted by atomic mass is 10.0. The summed E-state index contributed by atoms with van der Waals surface area (Å²) in [6, 6.07) is 5.91. The van der Waals surface area contributed by atoms with Crippen molar-refractivity contribution in [2.75, 3.05) is 18.1 Å². The van der Waals surface area contributed by atoms with E-state index < -0.39 is 11.7 Å². The summed E-state index contributed by atoms with van der Waals surface area (Å²) in [5.41, 5.74) is 0.157. The van der Waals surface area contributed by atoms with E-state index in [9.17, 15) is 18.0 Å². The zero-order valence-electron chi connectivity index (χ0n) is 16.1. The van der Waals surface area contributed by atoms with E-state index in [-0.39, 0.29) is 5.91 Å². The number of alkyl halides is 3. The number of thioether (sulfide) groups is 1. The maximum absolute atomic E-state index is 12.8. The van der Waals surface area contributed by atoms with Crippen LogP contribution in [0.3, 0.4) is 0 Å². The minimum Gasteiger partial charge on any atom is -0.339 e. The Kier molecular flexibility index (Phi) is 9.00. The monoisotopic (exact) mass is 401 g/mol. The minimum absolute atomic E-state index is 0.258. The van der Waals surface area contributed by atoms with E-state index in [4.69, 9.17) is 0 Å². The standard InChI is InChI=1S/C21H30F3NOS/c1-2-3-14-27-15-13-25-19(11-12-20(25)26)10-5-4-7-17-8-6-9-18(16-17)21(22,23)24/h6,8-9,16,19H,2-5,7,10-15H2,1H3. The van der Waals surface area contributed by atoms with Gasteiger partial charge in [0, 0.05) is 24.8 Å². The maximum Gasteiger partial charge on any atom is 0.416 e. The molecule has 1 aliphatic heterocycles. The number of rotatable bonds is 11. The molecule has 1 saturated heterocycles. The van der Waals surface area contributed by atoms with Crippen molar-refractivity contribution >= 4 is 17.7 Å². The number of hydrogen-bond acceptors (Lipinski definition) is 2. The third-order valence-corrected chi connectivity index (χ3v) is 6.13. The molecule has 1 unspecified atom stereocenters. The number of aryl methyl sites for hydroxylation is 1. The Bertz CT molecular complexity index is 591. The SMILES string of the molecule is CCCCSCCN1C(=O)CCC1CCCCc1cccc(C(F)(F)F)c1. The van der Waals surface area contributed by atoms with Crippen LogP contribution in [0.1, 0.15) is 63.0 Å². The molecule has 27 heavy (non-hydrogen) atoms. The van der Waals surface area contributed by atoms with Gasteiger partial charge in [0.05, 0.1) is 5.56 Å². The fraction of sp³-hybridized carbons (Fsp3) is 0.667. The summed E-state index contributed by atoms with van der Waals surface area (Å²) in [7, 11) is 0. The molecule has 2 nitrogen and oxygen atoms in total. The third-order valence-electron chi connectivity index (χ3n) is 5.08. The maximum atomic E-state index is 12.8. The molecule has 0 aromatic heterocycles. The Balaban J connectivity index is 1.71. The Morgan fingerprint density at radius 2 is 2.00 bits per heavy atom. The highest BCUT2D eigenvalue weighted by molar-refractivity contribution is 7.99. The van der Waals surface area contributed by atoms with E-state index in [0.29, 0.717) is 18.9 Å². The first-order valence-electron chi connectivity index (χ1n) is 9.95. The average molecular weight is 402 g/mol. The molecule has 0 spiro atoms. The van der Waals surface area contributed by atoms with Crippen LogP contribution >= 0.6 is 11.8 Å². The highest BCUT2D eigenvalue weighted by atomic mass is 32.2. The summed E-state index contributed by atoms with van der Waals surface area (Å²) < 4.78 is 38.3. The molecule has 1 heterocycles. The van der Waals surface area contributed by atoms with Gasteiger partial charge in [0.2, 0.25) is 5.91 Å². The normalized spacial score (nSPS) is 17.7. The van der Waals surface area contributed by atoms with Gasteiger partial charge in [0.1, 0.15) is 0 Å². The first kappa shape index (κ1) is 22.1. The molecule has 1 aromatic carbocycles. The van der Waals surface area contributed by atoms with Crippen molar-refractivity contribution in [2.24, 2.45) is 0 Å². The molecule has 152 valence electrons. The molecule has 0 saturated carbocycles. The van der Waals surface area contributed by atoms with Gasteiger partial charge >= 0.3 is 6.18 Å². The van der Waals surface area contributed by atoms with E-state index in [1.54, 1.807) is 6.07 Å². The van der Waals surface area contributed by atoms with Crippen molar-refractivity contribution in [3.63, 3.8) is 0 Å². The number of benzene rings is 1. The first-order valence-corrected chi connectivity index (χ1v) is 11.1. The predicted octanol–water partition coefficient (Wildman–Crippen LogP) is 5.94. The molecular formula is C21H30F3NOS. The molecule has 1 amide bonds. The molecule has 2 rings (SSSR count). The number of likely N-dealkylation sites (tertiary alicyclic amines) is 1. The van der Waals surface area contributed by atoms with Gasteiger partial charge in [-0.3, -0.25) is 4.79 Å². The Morgan fingerprint density at radius 1 is 1.19 bits per heavy atom. The van der Waals surface area contributed by atoms with Crippen LogP contribution in [0, 0.1) is 0 Å². The van der Waals surface area contributed by atoms with E-state index in [1.165, 1.54) is 25.0 Å². The van der Waals surface area contributed by atoms with Crippen LogP contribution < -0.4 is 0 Å². The molecule has 0 radical (unpaired) electrons. The number of halogens is 3. The average Bonchev–Trinajstić information content (AvgIpc) is 2.98. The summed E-state index contributed by atoms with van der Waals surface area (Å²) >= 11 is 1.91. The van der Waals surface area contributed by atoms with Crippen LogP contribution in [0.15, 0.2) is 24.3 Å². The van der Waals surface area contributed by atoms with Crippen molar-refractivity contribution in [3.8, 4) is 0 Å². The quantitative estimate of drug-likeness (QED) is 0.428. The molecular weight excluding hydrogens is 371 g/mol. The Hall–Kier alpha value is -1.17. The van der Waals surface area contributed by atoms with Gasteiger partial charge in [-0.2, -0.15) is 24.9 Å². The highest BCUT2D eigenvalue weighted by Gasteiger charge is 2.31. The first-order chi connectivity index (χ1) is 12.9. The van der Waals surface area contributed by atoms with Crippen LogP contribution in [0.5, 0.6) is 0 Å². The second-order valence-corrected chi connectivity index (χ2v) is 8.41. The Labute approximate surface area is 164 Å². The fourth-order valence-electron chi connectivity index (χ4n) is 3.52. The smallest absolute Gasteiger partial charge is 0.339 e. The largest absolute Gasteiger partial charge is 0.416 e. The molecule has 1 aliphatic rings. The third kappa shape index (κ3) is 7.40. The van der Waals surface area contributed by atoms with Gasteiger partial charge in [-0.15, -0.1) is 0 Å². The van der Waals surface area contributed by atoms with E-state index in [2.05, 4.69) is 6.92 Å². The van der Waals surface area contributed by atoms with Crippen LogP contribution in [-0.2, 0) is 17.4 Å². The van der Waals surface area contributed by atoms with Gasteiger partial charge in [0.15, 0.2) is 0 Å². The summed E-state index contributed by atoms with van der Waals surface area (Å²) in [6.45, 7) is 3.01. The number of amides is 1. The van der Waals surface area contributed by atoms with Crippen molar-refractivity contribution in [3.05, 3.63) is 35.4 Å². The summed E-state index contributed by atoms with van der Waals surface area (Å²) in [5, 5.41) is 0. The van der Waals surface area contributed by atoms with E-state index in [1.807, 2.05) is 16.7 Å². The zero-order chi connectivity index (χ0) is 19.7. The second kappa shape index (κ2) is 11.0. The van der Waals surface area contributed by atoms with Gasteiger partial charge in [-0.1, -0.05) is 38.0 Å². The van der Waals surface area contributed by atoms with Crippen LogP contribution in [0.25, 0.3) is 0 Å². The second-order valence-electron chi connectivity index (χ2n) is 7.19. The highest BCUT2D eigenvalue weighted by Crippen LogP contribution is 2.30. The van der Waals surface area contributed by atoms with E-state index in [0.717, 1.165) is 55.4 Å². The van der Waals surface area contributed by atoms with Crippen molar-refractivity contribution < 1.29 is 18.0 Å². The lowest BCUT2D eigenvalue weighted by Gasteiger charge is -2.24. The van der Waals surface area contributed by atoms with Crippen LogP contribution in [0.4, 0.5) is 13.2 Å². The number of unbranched alkanes of at least 4 members (excludes halogenated alkanes) is 2. The molecule has 1 aromatic rings.